The Kier molecular flexibility index (Phi) is 60.3. The smallest absolute Gasteiger partial charge is 0.306 e. The van der Waals surface area contributed by atoms with Gasteiger partial charge in [0.2, 0.25) is 0 Å². The molecule has 0 bridgehead atoms. The average Bonchev–Trinajstić information content (AvgIpc) is 3.41. The Labute approximate surface area is 465 Å². The second kappa shape index (κ2) is 63.1. The first-order valence-corrected chi connectivity index (χ1v) is 32.1. The molecule has 0 aromatic heterocycles. The van der Waals surface area contributed by atoms with Gasteiger partial charge in [0.05, 0.1) is 0 Å². The van der Waals surface area contributed by atoms with Gasteiger partial charge in [0.25, 0.3) is 0 Å². The minimum atomic E-state index is -0.805. The SMILES string of the molecule is CC/C=C\C/C=C\C/C=C\C/C=C\C/C=C\C/C=C\C/C=C\CCCC(=O)OC(COC(=O)CCCCCCCCCCCC)COC(=O)CCCCCCCCCCCCCCCCCCCCCCCCCC. The Bertz CT molecular complexity index is 1430. The Balaban J connectivity index is 4.32. The lowest BCUT2D eigenvalue weighted by Crippen LogP contribution is -2.30. The molecular weight excluding hydrogens is 925 g/mol. The molecule has 0 N–H and O–H groups in total. The maximum Gasteiger partial charge on any atom is 0.306 e. The largest absolute Gasteiger partial charge is 0.462 e. The van der Waals surface area contributed by atoms with Crippen molar-refractivity contribution in [2.75, 3.05) is 13.2 Å². The minimum Gasteiger partial charge on any atom is -0.462 e. The number of hydrogen-bond acceptors (Lipinski definition) is 6. The first-order valence-electron chi connectivity index (χ1n) is 32.1. The van der Waals surface area contributed by atoms with Crippen molar-refractivity contribution in [3.8, 4) is 0 Å². The molecule has 0 spiro atoms. The van der Waals surface area contributed by atoms with E-state index in [1.54, 1.807) is 0 Å². The van der Waals surface area contributed by atoms with Gasteiger partial charge in [-0.05, 0) is 70.6 Å². The zero-order valence-corrected chi connectivity index (χ0v) is 49.6. The molecule has 0 aliphatic rings. The molecule has 0 saturated carbocycles. The van der Waals surface area contributed by atoms with Gasteiger partial charge in [-0.1, -0.05) is 311 Å². The van der Waals surface area contributed by atoms with E-state index in [1.165, 1.54) is 180 Å². The molecule has 1 atom stereocenters. The van der Waals surface area contributed by atoms with E-state index in [2.05, 4.69) is 106 Å². The fourth-order valence-corrected chi connectivity index (χ4v) is 9.14. The van der Waals surface area contributed by atoms with Crippen LogP contribution in [0.2, 0.25) is 0 Å². The fraction of sp³-hybridized carbons (Fsp3) is 0.754. The number of carbonyl (C=O) groups excluding carboxylic acids is 3. The molecule has 1 unspecified atom stereocenters. The van der Waals surface area contributed by atoms with Crippen LogP contribution in [0.1, 0.15) is 316 Å². The Morgan fingerprint density at radius 2 is 0.520 bits per heavy atom. The van der Waals surface area contributed by atoms with E-state index in [0.717, 1.165) is 89.9 Å². The molecular formula is C69H120O6. The lowest BCUT2D eigenvalue weighted by atomic mass is 10.0. The van der Waals surface area contributed by atoms with Crippen LogP contribution in [-0.4, -0.2) is 37.2 Å². The molecule has 0 heterocycles. The number of allylic oxidation sites excluding steroid dienone is 14. The first kappa shape index (κ1) is 71.6. The second-order valence-electron chi connectivity index (χ2n) is 21.3. The van der Waals surface area contributed by atoms with E-state index in [-0.39, 0.29) is 37.5 Å². The maximum atomic E-state index is 12.9. The number of hydrogen-bond donors (Lipinski definition) is 0. The predicted octanol–water partition coefficient (Wildman–Crippen LogP) is 21.9. The van der Waals surface area contributed by atoms with Gasteiger partial charge in [-0.15, -0.1) is 0 Å². The van der Waals surface area contributed by atoms with Crippen molar-refractivity contribution < 1.29 is 28.6 Å². The highest BCUT2D eigenvalue weighted by atomic mass is 16.6. The topological polar surface area (TPSA) is 78.9 Å². The lowest BCUT2D eigenvalue weighted by molar-refractivity contribution is -0.167. The summed E-state index contributed by atoms with van der Waals surface area (Å²) in [6.45, 7) is 6.50. The highest BCUT2D eigenvalue weighted by Gasteiger charge is 2.19. The molecule has 6 heteroatoms. The summed E-state index contributed by atoms with van der Waals surface area (Å²) in [6.07, 6.45) is 83.2. The molecule has 0 aromatic rings. The van der Waals surface area contributed by atoms with Crippen LogP contribution in [0, 0.1) is 0 Å². The van der Waals surface area contributed by atoms with E-state index in [9.17, 15) is 14.4 Å². The first-order chi connectivity index (χ1) is 37.0. The van der Waals surface area contributed by atoms with Crippen molar-refractivity contribution in [2.45, 2.75) is 322 Å². The Hall–Kier alpha value is -3.41. The maximum absolute atomic E-state index is 12.9. The van der Waals surface area contributed by atoms with Crippen molar-refractivity contribution in [1.29, 1.82) is 0 Å². The lowest BCUT2D eigenvalue weighted by Gasteiger charge is -2.18. The van der Waals surface area contributed by atoms with Gasteiger partial charge < -0.3 is 14.2 Å². The van der Waals surface area contributed by atoms with E-state index >= 15 is 0 Å². The quantitative estimate of drug-likeness (QED) is 0.0261. The van der Waals surface area contributed by atoms with Gasteiger partial charge in [0.15, 0.2) is 6.10 Å². The Morgan fingerprint density at radius 1 is 0.280 bits per heavy atom. The van der Waals surface area contributed by atoms with Crippen LogP contribution in [0.3, 0.4) is 0 Å². The third-order valence-corrected chi connectivity index (χ3v) is 13.9. The third kappa shape index (κ3) is 61.3. The summed E-state index contributed by atoms with van der Waals surface area (Å²) in [5, 5.41) is 0. The Morgan fingerprint density at radius 3 is 0.800 bits per heavy atom. The van der Waals surface area contributed by atoms with Gasteiger partial charge in [0.1, 0.15) is 13.2 Å². The molecule has 0 saturated heterocycles. The van der Waals surface area contributed by atoms with Crippen molar-refractivity contribution in [3.63, 3.8) is 0 Å². The summed E-state index contributed by atoms with van der Waals surface area (Å²) in [7, 11) is 0. The molecule has 0 aliphatic carbocycles. The predicted molar refractivity (Wildman–Crippen MR) is 325 cm³/mol. The van der Waals surface area contributed by atoms with Crippen LogP contribution in [-0.2, 0) is 28.6 Å². The van der Waals surface area contributed by atoms with E-state index < -0.39 is 6.10 Å². The van der Waals surface area contributed by atoms with Gasteiger partial charge >= 0.3 is 17.9 Å². The normalized spacial score (nSPS) is 12.6. The van der Waals surface area contributed by atoms with Gasteiger partial charge in [-0.25, -0.2) is 0 Å². The van der Waals surface area contributed by atoms with Gasteiger partial charge in [-0.3, -0.25) is 14.4 Å². The van der Waals surface area contributed by atoms with Crippen LogP contribution in [0.4, 0.5) is 0 Å². The standard InChI is InChI=1S/C69H120O6/c1-4-7-10-13-16-19-22-24-26-28-30-32-34-36-37-39-41-43-45-47-50-53-56-59-62-68(71)74-65-66(64-73-67(70)61-58-55-52-49-21-18-15-12-9-6-3)75-69(72)63-60-57-54-51-48-46-44-42-40-38-35-33-31-29-27-25-23-20-17-14-11-8-5-2/h8,11,17,20,25,27,31,33,38,40,44,46,51,54,66H,4-7,9-10,12-16,18-19,21-24,26,28-30,32,34-37,39,41-43,45,47-50,52-53,55-65H2,1-3H3/b11-8-,20-17-,27-25-,33-31-,40-38-,46-44-,54-51-. The molecule has 6 nitrogen and oxygen atoms in total. The molecule has 0 aliphatic heterocycles. The molecule has 0 radical (unpaired) electrons. The van der Waals surface area contributed by atoms with Gasteiger partial charge in [0, 0.05) is 19.3 Å². The minimum absolute atomic E-state index is 0.0959. The van der Waals surface area contributed by atoms with Crippen molar-refractivity contribution in [2.24, 2.45) is 0 Å². The monoisotopic (exact) mass is 1040 g/mol. The summed E-state index contributed by atoms with van der Waals surface area (Å²) >= 11 is 0. The summed E-state index contributed by atoms with van der Waals surface area (Å²) in [5.41, 5.74) is 0. The van der Waals surface area contributed by atoms with Crippen LogP contribution in [0.25, 0.3) is 0 Å². The average molecular weight is 1050 g/mol. The van der Waals surface area contributed by atoms with Crippen molar-refractivity contribution in [1.82, 2.24) is 0 Å². The molecule has 0 aromatic carbocycles. The second-order valence-corrected chi connectivity index (χ2v) is 21.3. The molecule has 0 fully saturated rings. The summed E-state index contributed by atoms with van der Waals surface area (Å²) in [5.74, 6) is -0.944. The highest BCUT2D eigenvalue weighted by Crippen LogP contribution is 2.17. The van der Waals surface area contributed by atoms with Crippen LogP contribution >= 0.6 is 0 Å². The number of unbranched alkanes of at least 4 members (excludes halogenated alkanes) is 33. The zero-order valence-electron chi connectivity index (χ0n) is 49.6. The molecule has 432 valence electrons. The van der Waals surface area contributed by atoms with Crippen LogP contribution < -0.4 is 0 Å². The summed E-state index contributed by atoms with van der Waals surface area (Å²) in [4.78, 5) is 38.2. The van der Waals surface area contributed by atoms with E-state index in [1.807, 2.05) is 0 Å². The highest BCUT2D eigenvalue weighted by molar-refractivity contribution is 5.71. The third-order valence-electron chi connectivity index (χ3n) is 13.9. The number of rotatable bonds is 58. The number of carbonyl (C=O) groups is 3. The van der Waals surface area contributed by atoms with Crippen LogP contribution in [0.5, 0.6) is 0 Å². The number of ether oxygens (including phenoxy) is 3. The summed E-state index contributed by atoms with van der Waals surface area (Å²) in [6, 6.07) is 0. The zero-order chi connectivity index (χ0) is 54.3. The van der Waals surface area contributed by atoms with E-state index in [4.69, 9.17) is 14.2 Å². The van der Waals surface area contributed by atoms with E-state index in [0.29, 0.717) is 19.3 Å². The fourth-order valence-electron chi connectivity index (χ4n) is 9.14. The van der Waals surface area contributed by atoms with Crippen molar-refractivity contribution in [3.05, 3.63) is 85.1 Å². The summed E-state index contributed by atoms with van der Waals surface area (Å²) < 4.78 is 16.8. The number of esters is 3. The molecule has 75 heavy (non-hydrogen) atoms. The molecule has 0 rings (SSSR count). The van der Waals surface area contributed by atoms with Crippen molar-refractivity contribution >= 4 is 17.9 Å². The molecule has 0 amide bonds. The van der Waals surface area contributed by atoms with Crippen LogP contribution in [0.15, 0.2) is 85.1 Å². The van der Waals surface area contributed by atoms with Gasteiger partial charge in [-0.2, -0.15) is 0 Å².